The summed E-state index contributed by atoms with van der Waals surface area (Å²) in [6, 6.07) is 51.0. The highest BCUT2D eigenvalue weighted by Crippen LogP contribution is 2.47. The van der Waals surface area contributed by atoms with Gasteiger partial charge in [-0.05, 0) is 84.2 Å². The molecule has 11 rings (SSSR count). The molecule has 0 saturated carbocycles. The molecule has 2 heteroatoms. The average molecular weight is 558 g/mol. The van der Waals surface area contributed by atoms with Crippen LogP contribution >= 0.6 is 0 Å². The Hall–Kier alpha value is -5.86. The van der Waals surface area contributed by atoms with Crippen molar-refractivity contribution in [2.24, 2.45) is 0 Å². The van der Waals surface area contributed by atoms with E-state index >= 15 is 0 Å². The maximum Gasteiger partial charge on any atom is 0.160 e. The number of nitrogens with zero attached hydrogens (tertiary/aromatic N) is 1. The second-order valence-electron chi connectivity index (χ2n) is 12.0. The number of hydrogen-bond acceptors (Lipinski definition) is 1. The molecule has 44 heavy (non-hydrogen) atoms. The van der Waals surface area contributed by atoms with Crippen molar-refractivity contribution in [1.29, 1.82) is 0 Å². The third-order valence-corrected chi connectivity index (χ3v) is 9.89. The van der Waals surface area contributed by atoms with Crippen molar-refractivity contribution in [2.75, 3.05) is 0 Å². The Balaban J connectivity index is 1.42. The van der Waals surface area contributed by atoms with Gasteiger partial charge >= 0.3 is 0 Å². The van der Waals surface area contributed by atoms with Crippen molar-refractivity contribution in [3.63, 3.8) is 0 Å². The summed E-state index contributed by atoms with van der Waals surface area (Å²) in [5.41, 5.74) is 5.28. The first-order chi connectivity index (χ1) is 21.8. The lowest BCUT2D eigenvalue weighted by molar-refractivity contribution is 0.671. The first kappa shape index (κ1) is 22.7. The third kappa shape index (κ3) is 2.68. The summed E-state index contributed by atoms with van der Waals surface area (Å²) in [5.74, 6) is 0. The predicted molar refractivity (Wildman–Crippen MR) is 187 cm³/mol. The van der Waals surface area contributed by atoms with Gasteiger partial charge in [-0.2, -0.15) is 0 Å². The minimum atomic E-state index is 0.916. The Kier molecular flexibility index (Phi) is 4.10. The van der Waals surface area contributed by atoms with Crippen molar-refractivity contribution < 1.29 is 4.42 Å². The largest absolute Gasteiger partial charge is 0.454 e. The topological polar surface area (TPSA) is 18.1 Å². The summed E-state index contributed by atoms with van der Waals surface area (Å²) in [4.78, 5) is 0. The van der Waals surface area contributed by atoms with Crippen molar-refractivity contribution in [1.82, 2.24) is 4.57 Å². The quantitative estimate of drug-likeness (QED) is 0.145. The van der Waals surface area contributed by atoms with E-state index in [-0.39, 0.29) is 0 Å². The maximum atomic E-state index is 6.67. The van der Waals surface area contributed by atoms with Crippen LogP contribution in [0.2, 0.25) is 0 Å². The fourth-order valence-corrected chi connectivity index (χ4v) is 8.13. The van der Waals surface area contributed by atoms with Crippen molar-refractivity contribution in [3.8, 4) is 5.69 Å². The highest BCUT2D eigenvalue weighted by Gasteiger charge is 2.22. The molecule has 11 aromatic rings. The van der Waals surface area contributed by atoms with E-state index in [2.05, 4.69) is 138 Å². The van der Waals surface area contributed by atoms with Crippen LogP contribution < -0.4 is 0 Å². The van der Waals surface area contributed by atoms with E-state index in [1.165, 1.54) is 70.2 Å². The number of benzene rings is 9. The standard InChI is InChI=1S/C42H23NO/c1-3-12-27-25(10-1)31-16-9-17-32-26-11-2-4-13-28(26)36-23-24(22-35(27)40(36)39(31)32)43-37-18-7-5-14-29(37)33-20-21-34-30-15-6-8-19-38(30)44-42(34)41(33)43/h1-23H. The molecule has 2 heterocycles. The van der Waals surface area contributed by atoms with E-state index in [1.54, 1.807) is 0 Å². The van der Waals surface area contributed by atoms with Crippen LogP contribution in [0.25, 0.3) is 103 Å². The Morgan fingerprint density at radius 2 is 0.864 bits per heavy atom. The lowest BCUT2D eigenvalue weighted by atomic mass is 9.86. The summed E-state index contributed by atoms with van der Waals surface area (Å²) in [6.45, 7) is 0. The Labute approximate surface area is 251 Å². The zero-order valence-corrected chi connectivity index (χ0v) is 23.6. The molecule has 0 aliphatic rings. The molecule has 0 saturated heterocycles. The molecular formula is C42H23NO. The van der Waals surface area contributed by atoms with Gasteiger partial charge in [0.15, 0.2) is 5.58 Å². The number of para-hydroxylation sites is 2. The molecule has 2 nitrogen and oxygen atoms in total. The lowest BCUT2D eigenvalue weighted by Gasteiger charge is -2.19. The molecule has 0 atom stereocenters. The zero-order valence-electron chi connectivity index (χ0n) is 23.6. The zero-order chi connectivity index (χ0) is 28.5. The summed E-state index contributed by atoms with van der Waals surface area (Å²) in [5, 5.41) is 17.8. The van der Waals surface area contributed by atoms with Crippen LogP contribution in [0.4, 0.5) is 0 Å². The first-order valence-electron chi connectivity index (χ1n) is 15.2. The van der Waals surface area contributed by atoms with E-state index in [9.17, 15) is 0 Å². The summed E-state index contributed by atoms with van der Waals surface area (Å²) < 4.78 is 9.11. The Morgan fingerprint density at radius 3 is 1.55 bits per heavy atom. The molecule has 0 aliphatic heterocycles. The maximum absolute atomic E-state index is 6.67. The SMILES string of the molecule is c1ccc2c(c1)oc1c2ccc2c3ccccc3n(-c3cc4c5ccccc5c5cccc6c7ccccc7c(c3)c4c56)c21. The summed E-state index contributed by atoms with van der Waals surface area (Å²) in [7, 11) is 0. The van der Waals surface area contributed by atoms with Crippen LogP contribution in [0.5, 0.6) is 0 Å². The van der Waals surface area contributed by atoms with E-state index in [1.807, 2.05) is 6.07 Å². The molecular weight excluding hydrogens is 534 g/mol. The van der Waals surface area contributed by atoms with Gasteiger partial charge in [0.2, 0.25) is 0 Å². The summed E-state index contributed by atoms with van der Waals surface area (Å²) >= 11 is 0. The van der Waals surface area contributed by atoms with E-state index in [0.29, 0.717) is 0 Å². The molecule has 0 amide bonds. The molecule has 9 aromatic carbocycles. The van der Waals surface area contributed by atoms with Crippen molar-refractivity contribution >= 4 is 97.6 Å². The van der Waals surface area contributed by atoms with Crippen molar-refractivity contribution in [2.45, 2.75) is 0 Å². The predicted octanol–water partition coefficient (Wildman–Crippen LogP) is 11.9. The number of furan rings is 1. The number of hydrogen-bond donors (Lipinski definition) is 0. The van der Waals surface area contributed by atoms with Crippen LogP contribution in [0.3, 0.4) is 0 Å². The molecule has 0 spiro atoms. The summed E-state index contributed by atoms with van der Waals surface area (Å²) in [6.07, 6.45) is 0. The fourth-order valence-electron chi connectivity index (χ4n) is 8.13. The highest BCUT2D eigenvalue weighted by atomic mass is 16.3. The molecule has 0 unspecified atom stereocenters. The Bertz CT molecular complexity index is 2890. The third-order valence-electron chi connectivity index (χ3n) is 9.89. The smallest absolute Gasteiger partial charge is 0.160 e. The minimum absolute atomic E-state index is 0.916. The molecule has 0 fully saturated rings. The second kappa shape index (κ2) is 7.94. The van der Waals surface area contributed by atoms with Gasteiger partial charge in [0.1, 0.15) is 5.58 Å². The molecule has 0 aliphatic carbocycles. The van der Waals surface area contributed by atoms with Gasteiger partial charge in [0.05, 0.1) is 11.0 Å². The number of fused-ring (bicyclic) bond motifs is 13. The first-order valence-corrected chi connectivity index (χ1v) is 15.2. The van der Waals surface area contributed by atoms with E-state index in [4.69, 9.17) is 4.42 Å². The van der Waals surface area contributed by atoms with Gasteiger partial charge < -0.3 is 8.98 Å². The second-order valence-corrected chi connectivity index (χ2v) is 12.0. The van der Waals surface area contributed by atoms with Gasteiger partial charge in [-0.3, -0.25) is 0 Å². The van der Waals surface area contributed by atoms with Gasteiger partial charge in [-0.15, -0.1) is 0 Å². The van der Waals surface area contributed by atoms with Crippen LogP contribution in [-0.4, -0.2) is 4.57 Å². The fraction of sp³-hybridized carbons (Fsp3) is 0. The highest BCUT2D eigenvalue weighted by molar-refractivity contribution is 6.40. The van der Waals surface area contributed by atoms with Crippen LogP contribution in [0, 0.1) is 0 Å². The molecule has 0 N–H and O–H groups in total. The molecule has 0 bridgehead atoms. The number of rotatable bonds is 1. The van der Waals surface area contributed by atoms with E-state index in [0.717, 1.165) is 33.1 Å². The Morgan fingerprint density at radius 1 is 0.364 bits per heavy atom. The molecule has 0 radical (unpaired) electrons. The van der Waals surface area contributed by atoms with Gasteiger partial charge in [0, 0.05) is 27.2 Å². The van der Waals surface area contributed by atoms with Crippen LogP contribution in [0.15, 0.2) is 144 Å². The minimum Gasteiger partial charge on any atom is -0.454 e. The lowest BCUT2D eigenvalue weighted by Crippen LogP contribution is -1.97. The number of aromatic nitrogens is 1. The van der Waals surface area contributed by atoms with Gasteiger partial charge in [-0.25, -0.2) is 0 Å². The molecule has 202 valence electrons. The monoisotopic (exact) mass is 557 g/mol. The van der Waals surface area contributed by atoms with Crippen molar-refractivity contribution in [3.05, 3.63) is 140 Å². The van der Waals surface area contributed by atoms with Gasteiger partial charge in [0.25, 0.3) is 0 Å². The van der Waals surface area contributed by atoms with Crippen LogP contribution in [-0.2, 0) is 0 Å². The molecule has 2 aromatic heterocycles. The average Bonchev–Trinajstić information content (AvgIpc) is 3.64. The van der Waals surface area contributed by atoms with Crippen LogP contribution in [0.1, 0.15) is 0 Å². The van der Waals surface area contributed by atoms with E-state index < -0.39 is 0 Å². The van der Waals surface area contributed by atoms with Gasteiger partial charge in [-0.1, -0.05) is 109 Å². The normalized spacial score (nSPS) is 12.5.